The summed E-state index contributed by atoms with van der Waals surface area (Å²) >= 11 is 0. The number of hydrogen-bond donors (Lipinski definition) is 1. The van der Waals surface area contributed by atoms with Crippen LogP contribution < -0.4 is 10.3 Å². The number of nitrogens with zero attached hydrogens (tertiary/aromatic N) is 5. The molecule has 1 saturated heterocycles. The Hall–Kier alpha value is -2.76. The van der Waals surface area contributed by atoms with Gasteiger partial charge in [-0.1, -0.05) is 19.3 Å². The van der Waals surface area contributed by atoms with Gasteiger partial charge in [0, 0.05) is 32.2 Å². The maximum absolute atomic E-state index is 13.2. The van der Waals surface area contributed by atoms with Crippen LogP contribution in [0.4, 0.5) is 0 Å². The number of benzene rings is 1. The van der Waals surface area contributed by atoms with Gasteiger partial charge in [-0.3, -0.25) is 9.48 Å². The average Bonchev–Trinajstić information content (AvgIpc) is 3.21. The van der Waals surface area contributed by atoms with E-state index in [1.54, 1.807) is 12.1 Å². The van der Waals surface area contributed by atoms with Crippen molar-refractivity contribution < 1.29 is 13.2 Å². The van der Waals surface area contributed by atoms with Crippen LogP contribution in [-0.2, 0) is 10.0 Å². The average molecular weight is 501 g/mol. The van der Waals surface area contributed by atoms with E-state index in [9.17, 15) is 13.2 Å². The maximum atomic E-state index is 13.2. The Morgan fingerprint density at radius 3 is 2.49 bits per heavy atom. The number of rotatable bonds is 5. The Labute approximate surface area is 205 Å². The zero-order chi connectivity index (χ0) is 24.7. The molecule has 5 rings (SSSR count). The standard InChI is InChI=1S/C24H32N6O4S/c1-16-21-22(30(27-16)17-7-5-4-6-8-17)24(31)26-23(25-21)19-10-9-18(15-20(19)34-3)35(32,33)29-13-11-28(2)12-14-29/h9-10,15,17H,4-8,11-14H2,1-3H3,(H,25,26,31). The maximum Gasteiger partial charge on any atom is 0.277 e. The number of nitrogens with one attached hydrogen (secondary N) is 1. The van der Waals surface area contributed by atoms with Gasteiger partial charge >= 0.3 is 0 Å². The number of sulfonamides is 1. The molecule has 1 saturated carbocycles. The fourth-order valence-corrected chi connectivity index (χ4v) is 6.55. The highest BCUT2D eigenvalue weighted by molar-refractivity contribution is 7.89. The van der Waals surface area contributed by atoms with E-state index in [1.807, 2.05) is 18.7 Å². The Morgan fingerprint density at radius 2 is 1.80 bits per heavy atom. The van der Waals surface area contributed by atoms with E-state index in [0.717, 1.165) is 25.7 Å². The van der Waals surface area contributed by atoms with Crippen molar-refractivity contribution in [2.45, 2.75) is 50.0 Å². The molecular formula is C24H32N6O4S. The molecule has 0 unspecified atom stereocenters. The molecule has 2 aromatic heterocycles. The van der Waals surface area contributed by atoms with Crippen molar-refractivity contribution in [3.8, 4) is 17.1 Å². The van der Waals surface area contributed by atoms with E-state index >= 15 is 0 Å². The number of aryl methyl sites for hydroxylation is 1. The first-order valence-electron chi connectivity index (χ1n) is 12.2. The number of aromatic amines is 1. The zero-order valence-corrected chi connectivity index (χ0v) is 21.3. The second-order valence-electron chi connectivity index (χ2n) is 9.50. The van der Waals surface area contributed by atoms with Gasteiger partial charge in [-0.15, -0.1) is 0 Å². The fraction of sp³-hybridized carbons (Fsp3) is 0.542. The Kier molecular flexibility index (Phi) is 6.41. The molecule has 2 aliphatic rings. The number of piperazine rings is 1. The highest BCUT2D eigenvalue weighted by atomic mass is 32.2. The van der Waals surface area contributed by atoms with E-state index in [0.29, 0.717) is 60.0 Å². The number of likely N-dealkylation sites (N-methyl/N-ethyl adjacent to an activating group) is 1. The lowest BCUT2D eigenvalue weighted by Crippen LogP contribution is -2.47. The molecule has 0 spiro atoms. The van der Waals surface area contributed by atoms with Gasteiger partial charge in [-0.2, -0.15) is 9.40 Å². The minimum atomic E-state index is -3.65. The van der Waals surface area contributed by atoms with Crippen molar-refractivity contribution in [3.63, 3.8) is 0 Å². The summed E-state index contributed by atoms with van der Waals surface area (Å²) in [4.78, 5) is 23.1. The molecule has 0 amide bonds. The van der Waals surface area contributed by atoms with Gasteiger partial charge in [0.1, 0.15) is 17.1 Å². The van der Waals surface area contributed by atoms with Gasteiger partial charge < -0.3 is 14.6 Å². The van der Waals surface area contributed by atoms with Crippen molar-refractivity contribution >= 4 is 21.1 Å². The van der Waals surface area contributed by atoms with Crippen molar-refractivity contribution in [3.05, 3.63) is 34.2 Å². The summed E-state index contributed by atoms with van der Waals surface area (Å²) < 4.78 is 35.3. The van der Waals surface area contributed by atoms with E-state index < -0.39 is 10.0 Å². The van der Waals surface area contributed by atoms with Crippen molar-refractivity contribution in [2.24, 2.45) is 0 Å². The lowest BCUT2D eigenvalue weighted by Gasteiger charge is -2.31. The predicted molar refractivity (Wildman–Crippen MR) is 133 cm³/mol. The quantitative estimate of drug-likeness (QED) is 0.573. The van der Waals surface area contributed by atoms with Gasteiger partial charge in [0.25, 0.3) is 5.56 Å². The van der Waals surface area contributed by atoms with Crippen molar-refractivity contribution in [1.29, 1.82) is 0 Å². The van der Waals surface area contributed by atoms with Crippen LogP contribution in [0.5, 0.6) is 5.75 Å². The molecule has 1 aromatic carbocycles. The number of fused-ring (bicyclic) bond motifs is 1. The smallest absolute Gasteiger partial charge is 0.277 e. The molecule has 3 heterocycles. The summed E-state index contributed by atoms with van der Waals surface area (Å²) in [7, 11) is -0.195. The summed E-state index contributed by atoms with van der Waals surface area (Å²) in [5.41, 5.74) is 2.02. The van der Waals surface area contributed by atoms with Gasteiger partial charge in [-0.25, -0.2) is 13.4 Å². The van der Waals surface area contributed by atoms with Gasteiger partial charge in [0.15, 0.2) is 5.52 Å². The molecule has 3 aromatic rings. The summed E-state index contributed by atoms with van der Waals surface area (Å²) in [6, 6.07) is 4.91. The first-order valence-corrected chi connectivity index (χ1v) is 13.6. The van der Waals surface area contributed by atoms with Crippen LogP contribution in [0, 0.1) is 6.92 Å². The predicted octanol–water partition coefficient (Wildman–Crippen LogP) is 2.54. The molecule has 35 heavy (non-hydrogen) atoms. The van der Waals surface area contributed by atoms with Crippen LogP contribution in [-0.4, -0.2) is 77.7 Å². The number of methoxy groups -OCH3 is 1. The van der Waals surface area contributed by atoms with Gasteiger partial charge in [-0.05, 0) is 38.9 Å². The van der Waals surface area contributed by atoms with E-state index in [-0.39, 0.29) is 16.5 Å². The number of H-pyrrole nitrogens is 1. The molecule has 0 bridgehead atoms. The molecular weight excluding hydrogens is 468 g/mol. The topological polar surface area (TPSA) is 113 Å². The summed E-state index contributed by atoms with van der Waals surface area (Å²) in [6.45, 7) is 4.12. The number of hydrogen-bond acceptors (Lipinski definition) is 7. The van der Waals surface area contributed by atoms with Gasteiger partial charge in [0.05, 0.1) is 29.3 Å². The fourth-order valence-electron chi connectivity index (χ4n) is 5.11. The van der Waals surface area contributed by atoms with E-state index in [2.05, 4.69) is 15.0 Å². The highest BCUT2D eigenvalue weighted by Gasteiger charge is 2.29. The second-order valence-corrected chi connectivity index (χ2v) is 11.4. The summed E-state index contributed by atoms with van der Waals surface area (Å²) in [5, 5.41) is 4.67. The van der Waals surface area contributed by atoms with Crippen LogP contribution in [0.1, 0.15) is 43.8 Å². The molecule has 0 radical (unpaired) electrons. The molecule has 1 aliphatic heterocycles. The number of ether oxygens (including phenoxy) is 1. The van der Waals surface area contributed by atoms with Gasteiger partial charge in [0.2, 0.25) is 10.0 Å². The molecule has 1 N–H and O–H groups in total. The molecule has 0 atom stereocenters. The summed E-state index contributed by atoms with van der Waals surface area (Å²) in [6.07, 6.45) is 5.50. The lowest BCUT2D eigenvalue weighted by atomic mass is 9.95. The van der Waals surface area contributed by atoms with Crippen LogP contribution in [0.15, 0.2) is 27.9 Å². The van der Waals surface area contributed by atoms with Crippen LogP contribution in [0.2, 0.25) is 0 Å². The molecule has 188 valence electrons. The third kappa shape index (κ3) is 4.36. The monoisotopic (exact) mass is 500 g/mol. The normalized spacial score (nSPS) is 18.8. The molecule has 1 aliphatic carbocycles. The van der Waals surface area contributed by atoms with E-state index in [1.165, 1.54) is 23.9 Å². The van der Waals surface area contributed by atoms with Crippen LogP contribution in [0.25, 0.3) is 22.4 Å². The Morgan fingerprint density at radius 1 is 1.09 bits per heavy atom. The van der Waals surface area contributed by atoms with Crippen LogP contribution >= 0.6 is 0 Å². The second kappa shape index (κ2) is 9.36. The molecule has 2 fully saturated rings. The minimum absolute atomic E-state index is 0.160. The Bertz CT molecular complexity index is 1400. The van der Waals surface area contributed by atoms with Crippen molar-refractivity contribution in [1.82, 2.24) is 29.0 Å². The highest BCUT2D eigenvalue weighted by Crippen LogP contribution is 2.33. The lowest BCUT2D eigenvalue weighted by molar-refractivity contribution is 0.222. The van der Waals surface area contributed by atoms with Crippen LogP contribution in [0.3, 0.4) is 0 Å². The van der Waals surface area contributed by atoms with Crippen molar-refractivity contribution in [2.75, 3.05) is 40.3 Å². The Balaban J connectivity index is 1.53. The minimum Gasteiger partial charge on any atom is -0.496 e. The largest absolute Gasteiger partial charge is 0.496 e. The first-order chi connectivity index (χ1) is 16.8. The third-order valence-corrected chi connectivity index (χ3v) is 9.07. The SMILES string of the molecule is COc1cc(S(=O)(=O)N2CCN(C)CC2)ccc1-c1nc2c(C)nn(C3CCCCC3)c2c(=O)[nH]1. The van der Waals surface area contributed by atoms with E-state index in [4.69, 9.17) is 9.72 Å². The number of aromatic nitrogens is 4. The first kappa shape index (κ1) is 24.0. The molecule has 11 heteroatoms. The summed E-state index contributed by atoms with van der Waals surface area (Å²) in [5.74, 6) is 0.661. The molecule has 10 nitrogen and oxygen atoms in total. The third-order valence-electron chi connectivity index (χ3n) is 7.17. The zero-order valence-electron chi connectivity index (χ0n) is 20.5.